The second kappa shape index (κ2) is 7.79. The van der Waals surface area contributed by atoms with Gasteiger partial charge in [0.25, 0.3) is 0 Å². The summed E-state index contributed by atoms with van der Waals surface area (Å²) in [7, 11) is 0. The average Bonchev–Trinajstić information content (AvgIpc) is 2.42. The fourth-order valence-corrected chi connectivity index (χ4v) is 4.01. The highest BCUT2D eigenvalue weighted by Gasteiger charge is 2.34. The van der Waals surface area contributed by atoms with Crippen molar-refractivity contribution >= 4 is 0 Å². The summed E-state index contributed by atoms with van der Waals surface area (Å²) < 4.78 is 0. The van der Waals surface area contributed by atoms with Crippen LogP contribution in [0.3, 0.4) is 0 Å². The molecule has 2 fully saturated rings. The quantitative estimate of drug-likeness (QED) is 0.793. The van der Waals surface area contributed by atoms with Crippen molar-refractivity contribution in [2.45, 2.75) is 65.7 Å². The van der Waals surface area contributed by atoms with Crippen molar-refractivity contribution in [3.63, 3.8) is 0 Å². The fraction of sp³-hybridized carbons (Fsp3) is 1.00. The van der Waals surface area contributed by atoms with Crippen molar-refractivity contribution in [1.82, 2.24) is 10.2 Å². The van der Waals surface area contributed by atoms with E-state index in [4.69, 9.17) is 0 Å². The first-order chi connectivity index (χ1) is 9.60. The molecular formula is C18H36N2. The van der Waals surface area contributed by atoms with Crippen LogP contribution in [0.2, 0.25) is 0 Å². The fourth-order valence-electron chi connectivity index (χ4n) is 4.01. The van der Waals surface area contributed by atoms with Gasteiger partial charge in [-0.15, -0.1) is 0 Å². The Bertz CT molecular complexity index is 261. The Hall–Kier alpha value is -0.0800. The van der Waals surface area contributed by atoms with Crippen molar-refractivity contribution in [2.24, 2.45) is 17.3 Å². The third-order valence-corrected chi connectivity index (χ3v) is 5.40. The first-order valence-electron chi connectivity index (χ1n) is 9.03. The van der Waals surface area contributed by atoms with Gasteiger partial charge in [0.15, 0.2) is 0 Å². The van der Waals surface area contributed by atoms with Gasteiger partial charge in [0.2, 0.25) is 0 Å². The van der Waals surface area contributed by atoms with Crippen LogP contribution >= 0.6 is 0 Å². The number of hydrogen-bond donors (Lipinski definition) is 1. The van der Waals surface area contributed by atoms with Crippen molar-refractivity contribution in [3.05, 3.63) is 0 Å². The highest BCUT2D eigenvalue weighted by atomic mass is 15.1. The van der Waals surface area contributed by atoms with Crippen LogP contribution in [0, 0.1) is 17.3 Å². The molecule has 0 aromatic carbocycles. The van der Waals surface area contributed by atoms with Crippen LogP contribution in [-0.2, 0) is 0 Å². The zero-order valence-electron chi connectivity index (χ0n) is 14.1. The molecule has 1 aliphatic heterocycles. The van der Waals surface area contributed by atoms with Crippen molar-refractivity contribution in [1.29, 1.82) is 0 Å². The van der Waals surface area contributed by atoms with Crippen LogP contribution < -0.4 is 5.32 Å². The van der Waals surface area contributed by atoms with E-state index in [0.717, 1.165) is 11.8 Å². The van der Waals surface area contributed by atoms with Gasteiger partial charge in [0.05, 0.1) is 0 Å². The highest BCUT2D eigenvalue weighted by Crippen LogP contribution is 2.37. The third-order valence-electron chi connectivity index (χ3n) is 5.40. The molecular weight excluding hydrogens is 244 g/mol. The molecule has 0 bridgehead atoms. The van der Waals surface area contributed by atoms with Crippen LogP contribution in [0.25, 0.3) is 0 Å². The summed E-state index contributed by atoms with van der Waals surface area (Å²) in [6, 6.07) is 0. The lowest BCUT2D eigenvalue weighted by Gasteiger charge is -2.43. The summed E-state index contributed by atoms with van der Waals surface area (Å²) in [6.45, 7) is 13.5. The molecule has 1 heterocycles. The van der Waals surface area contributed by atoms with E-state index < -0.39 is 0 Å². The van der Waals surface area contributed by atoms with Gasteiger partial charge in [-0.1, -0.05) is 40.0 Å². The summed E-state index contributed by atoms with van der Waals surface area (Å²) in [5.41, 5.74) is 0.577. The minimum atomic E-state index is 0.577. The normalized spacial score (nSPS) is 25.2. The Balaban J connectivity index is 1.85. The molecule has 2 heteroatoms. The van der Waals surface area contributed by atoms with Gasteiger partial charge < -0.3 is 10.2 Å². The molecule has 2 aliphatic rings. The van der Waals surface area contributed by atoms with Crippen molar-refractivity contribution in [3.8, 4) is 0 Å². The maximum Gasteiger partial charge on any atom is 0.00501 e. The van der Waals surface area contributed by atoms with Crippen LogP contribution in [0.15, 0.2) is 0 Å². The van der Waals surface area contributed by atoms with E-state index >= 15 is 0 Å². The van der Waals surface area contributed by atoms with Gasteiger partial charge in [0.1, 0.15) is 0 Å². The van der Waals surface area contributed by atoms with Gasteiger partial charge in [0, 0.05) is 13.1 Å². The number of nitrogens with one attached hydrogen (secondary N) is 1. The lowest BCUT2D eigenvalue weighted by atomic mass is 9.73. The van der Waals surface area contributed by atoms with Gasteiger partial charge in [-0.2, -0.15) is 0 Å². The standard InChI is InChI=1S/C18H36N2/c1-16(2)13-19-14-18(9-5-4-6-10-18)15-20-11-7-17(3)8-12-20/h16-17,19H,4-15H2,1-3H3. The number of likely N-dealkylation sites (tertiary alicyclic amines) is 1. The lowest BCUT2D eigenvalue weighted by Crippen LogP contribution is -2.47. The zero-order chi connectivity index (χ0) is 14.4. The Labute approximate surface area is 126 Å². The monoisotopic (exact) mass is 280 g/mol. The van der Waals surface area contributed by atoms with Gasteiger partial charge >= 0.3 is 0 Å². The largest absolute Gasteiger partial charge is 0.316 e. The third kappa shape index (κ3) is 5.04. The second-order valence-electron chi connectivity index (χ2n) is 8.04. The van der Waals surface area contributed by atoms with E-state index in [9.17, 15) is 0 Å². The first kappa shape index (κ1) is 16.3. The maximum atomic E-state index is 3.77. The van der Waals surface area contributed by atoms with E-state index in [1.807, 2.05) is 0 Å². The SMILES string of the molecule is CC(C)CNCC1(CN2CCC(C)CC2)CCCCC1. The molecule has 2 rings (SSSR count). The van der Waals surface area contributed by atoms with Crippen molar-refractivity contribution in [2.75, 3.05) is 32.7 Å². The number of hydrogen-bond acceptors (Lipinski definition) is 2. The zero-order valence-corrected chi connectivity index (χ0v) is 14.1. The maximum absolute atomic E-state index is 3.77. The molecule has 0 atom stereocenters. The summed E-state index contributed by atoms with van der Waals surface area (Å²) in [6.07, 6.45) is 10.1. The predicted molar refractivity (Wildman–Crippen MR) is 88.1 cm³/mol. The van der Waals surface area contributed by atoms with Gasteiger partial charge in [-0.05, 0) is 62.6 Å². The van der Waals surface area contributed by atoms with E-state index in [-0.39, 0.29) is 0 Å². The van der Waals surface area contributed by atoms with Crippen LogP contribution in [-0.4, -0.2) is 37.6 Å². The Morgan fingerprint density at radius 3 is 2.35 bits per heavy atom. The molecule has 0 amide bonds. The molecule has 20 heavy (non-hydrogen) atoms. The summed E-state index contributed by atoms with van der Waals surface area (Å²) >= 11 is 0. The lowest BCUT2D eigenvalue weighted by molar-refractivity contribution is 0.0794. The van der Waals surface area contributed by atoms with E-state index in [0.29, 0.717) is 5.41 Å². The Morgan fingerprint density at radius 1 is 1.10 bits per heavy atom. The molecule has 2 nitrogen and oxygen atoms in total. The molecule has 0 aromatic heterocycles. The number of piperidine rings is 1. The van der Waals surface area contributed by atoms with Crippen molar-refractivity contribution < 1.29 is 0 Å². The molecule has 0 radical (unpaired) electrons. The molecule has 0 spiro atoms. The summed E-state index contributed by atoms with van der Waals surface area (Å²) in [4.78, 5) is 2.77. The van der Waals surface area contributed by atoms with Crippen LogP contribution in [0.5, 0.6) is 0 Å². The van der Waals surface area contributed by atoms with E-state index in [1.54, 1.807) is 0 Å². The molecule has 1 aliphatic carbocycles. The summed E-state index contributed by atoms with van der Waals surface area (Å²) in [5.74, 6) is 1.72. The predicted octanol–water partition coefficient (Wildman–Crippen LogP) is 3.91. The Morgan fingerprint density at radius 2 is 1.75 bits per heavy atom. The first-order valence-corrected chi connectivity index (χ1v) is 9.03. The number of rotatable bonds is 6. The summed E-state index contributed by atoms with van der Waals surface area (Å²) in [5, 5.41) is 3.77. The van der Waals surface area contributed by atoms with Gasteiger partial charge in [-0.3, -0.25) is 0 Å². The molecule has 118 valence electrons. The minimum Gasteiger partial charge on any atom is -0.316 e. The molecule has 0 aromatic rings. The second-order valence-corrected chi connectivity index (χ2v) is 8.04. The van der Waals surface area contributed by atoms with E-state index in [2.05, 4.69) is 31.0 Å². The average molecular weight is 280 g/mol. The molecule has 1 N–H and O–H groups in total. The van der Waals surface area contributed by atoms with Crippen LogP contribution in [0.4, 0.5) is 0 Å². The van der Waals surface area contributed by atoms with Crippen LogP contribution in [0.1, 0.15) is 65.7 Å². The Kier molecular flexibility index (Phi) is 6.35. The molecule has 0 unspecified atom stereocenters. The molecule has 1 saturated heterocycles. The topological polar surface area (TPSA) is 15.3 Å². The highest BCUT2D eigenvalue weighted by molar-refractivity contribution is 4.89. The smallest absolute Gasteiger partial charge is 0.00501 e. The molecule has 1 saturated carbocycles. The number of nitrogens with zero attached hydrogens (tertiary/aromatic N) is 1. The van der Waals surface area contributed by atoms with E-state index in [1.165, 1.54) is 77.7 Å². The minimum absolute atomic E-state index is 0.577. The van der Waals surface area contributed by atoms with Gasteiger partial charge in [-0.25, -0.2) is 0 Å².